The molecule has 19 heavy (non-hydrogen) atoms. The van der Waals surface area contributed by atoms with E-state index in [9.17, 15) is 4.79 Å². The van der Waals surface area contributed by atoms with Crippen LogP contribution >= 0.6 is 22.6 Å². The van der Waals surface area contributed by atoms with Crippen molar-refractivity contribution in [2.45, 2.75) is 20.3 Å². The molecule has 0 saturated carbocycles. The van der Waals surface area contributed by atoms with E-state index in [1.54, 1.807) is 0 Å². The molecule has 1 aliphatic heterocycles. The summed E-state index contributed by atoms with van der Waals surface area (Å²) in [6.07, 6.45) is 1.29. The van der Waals surface area contributed by atoms with Crippen molar-refractivity contribution in [3.63, 3.8) is 0 Å². The molecular weight excluding hydrogens is 351 g/mol. The second-order valence-corrected chi connectivity index (χ2v) is 7.08. The minimum absolute atomic E-state index is 0.123. The number of nitrogens with one attached hydrogen (secondary N) is 2. The number of likely N-dealkylation sites (tertiary alicyclic amines) is 1. The van der Waals surface area contributed by atoms with Gasteiger partial charge < -0.3 is 10.2 Å². The van der Waals surface area contributed by atoms with Crippen LogP contribution < -0.4 is 10.2 Å². The molecule has 1 amide bonds. The van der Waals surface area contributed by atoms with Crippen molar-refractivity contribution < 1.29 is 9.69 Å². The zero-order chi connectivity index (χ0) is 13.8. The van der Waals surface area contributed by atoms with Crippen LogP contribution in [0.1, 0.15) is 20.3 Å². The molecule has 3 nitrogen and oxygen atoms in total. The fourth-order valence-electron chi connectivity index (χ4n) is 3.03. The first kappa shape index (κ1) is 14.8. The van der Waals surface area contributed by atoms with Crippen molar-refractivity contribution >= 4 is 34.2 Å². The van der Waals surface area contributed by atoms with E-state index in [2.05, 4.69) is 41.8 Å². The Hall–Kier alpha value is -0.620. The Kier molecular flexibility index (Phi) is 5.21. The van der Waals surface area contributed by atoms with Crippen molar-refractivity contribution in [3.05, 3.63) is 27.8 Å². The SMILES string of the molecule is C[C@@H]1C[C@@H](C)C[NH+](CC(=O)Nc2ccc(I)cc2)C1. The van der Waals surface area contributed by atoms with E-state index >= 15 is 0 Å². The van der Waals surface area contributed by atoms with Gasteiger partial charge in [-0.2, -0.15) is 0 Å². The number of hydrogen-bond acceptors (Lipinski definition) is 1. The van der Waals surface area contributed by atoms with Crippen LogP contribution in [0.15, 0.2) is 24.3 Å². The maximum absolute atomic E-state index is 12.0. The van der Waals surface area contributed by atoms with Crippen LogP contribution in [0.5, 0.6) is 0 Å². The molecule has 2 atom stereocenters. The number of hydrogen-bond donors (Lipinski definition) is 2. The van der Waals surface area contributed by atoms with Gasteiger partial charge in [0.15, 0.2) is 6.54 Å². The highest BCUT2D eigenvalue weighted by molar-refractivity contribution is 14.1. The van der Waals surface area contributed by atoms with E-state index in [1.165, 1.54) is 14.9 Å². The summed E-state index contributed by atoms with van der Waals surface area (Å²) >= 11 is 2.26. The van der Waals surface area contributed by atoms with Crippen molar-refractivity contribution in [1.29, 1.82) is 0 Å². The van der Waals surface area contributed by atoms with E-state index in [0.717, 1.165) is 30.6 Å². The highest BCUT2D eigenvalue weighted by Crippen LogP contribution is 2.12. The number of amides is 1. The minimum Gasteiger partial charge on any atom is -0.327 e. The topological polar surface area (TPSA) is 33.5 Å². The molecule has 1 aromatic carbocycles. The summed E-state index contributed by atoms with van der Waals surface area (Å²) in [5.74, 6) is 1.58. The molecule has 1 aliphatic rings. The van der Waals surface area contributed by atoms with Gasteiger partial charge in [0.25, 0.3) is 5.91 Å². The van der Waals surface area contributed by atoms with Gasteiger partial charge in [0.05, 0.1) is 13.1 Å². The molecular formula is C15H22IN2O+. The van der Waals surface area contributed by atoms with Crippen LogP contribution in [0.25, 0.3) is 0 Å². The van der Waals surface area contributed by atoms with Crippen LogP contribution in [0, 0.1) is 15.4 Å². The lowest BCUT2D eigenvalue weighted by Gasteiger charge is -2.31. The number of halogens is 1. The standard InChI is InChI=1S/C15H21IN2O/c1-11-7-12(2)9-18(8-11)10-15(19)17-14-5-3-13(16)4-6-14/h3-6,11-12H,7-10H2,1-2H3,(H,17,19)/p+1/t11-,12-/m1/s1. The third kappa shape index (κ3) is 4.76. The van der Waals surface area contributed by atoms with E-state index in [4.69, 9.17) is 0 Å². The maximum Gasteiger partial charge on any atom is 0.279 e. The van der Waals surface area contributed by atoms with Crippen LogP contribution in [-0.2, 0) is 4.79 Å². The van der Waals surface area contributed by atoms with Gasteiger partial charge in [0.2, 0.25) is 0 Å². The summed E-state index contributed by atoms with van der Waals surface area (Å²) in [7, 11) is 0. The Morgan fingerprint density at radius 3 is 2.42 bits per heavy atom. The molecule has 0 aromatic heterocycles. The fraction of sp³-hybridized carbons (Fsp3) is 0.533. The van der Waals surface area contributed by atoms with Crippen molar-refractivity contribution in [1.82, 2.24) is 0 Å². The average molecular weight is 373 g/mol. The van der Waals surface area contributed by atoms with Crippen molar-refractivity contribution in [2.24, 2.45) is 11.8 Å². The van der Waals surface area contributed by atoms with E-state index < -0.39 is 0 Å². The van der Waals surface area contributed by atoms with E-state index in [0.29, 0.717) is 6.54 Å². The monoisotopic (exact) mass is 373 g/mol. The molecule has 1 heterocycles. The molecule has 2 rings (SSSR count). The highest BCUT2D eigenvalue weighted by atomic mass is 127. The predicted octanol–water partition coefficient (Wildman–Crippen LogP) is 1.79. The first-order valence-electron chi connectivity index (χ1n) is 6.92. The normalized spacial score (nSPS) is 27.0. The van der Waals surface area contributed by atoms with Gasteiger partial charge in [-0.1, -0.05) is 13.8 Å². The predicted molar refractivity (Wildman–Crippen MR) is 86.3 cm³/mol. The van der Waals surface area contributed by atoms with E-state index in [1.807, 2.05) is 24.3 Å². The Labute approximate surface area is 128 Å². The lowest BCUT2D eigenvalue weighted by atomic mass is 9.92. The molecule has 0 spiro atoms. The third-order valence-electron chi connectivity index (χ3n) is 3.62. The second-order valence-electron chi connectivity index (χ2n) is 5.84. The molecule has 1 aromatic rings. The lowest BCUT2D eigenvalue weighted by Crippen LogP contribution is -3.15. The average Bonchev–Trinajstić information content (AvgIpc) is 2.30. The molecule has 104 valence electrons. The van der Waals surface area contributed by atoms with Gasteiger partial charge in [-0.05, 0) is 53.3 Å². The molecule has 0 radical (unpaired) electrons. The van der Waals surface area contributed by atoms with Crippen molar-refractivity contribution in [2.75, 3.05) is 25.0 Å². The Bertz CT molecular complexity index is 422. The quantitative estimate of drug-likeness (QED) is 0.779. The number of carbonyl (C=O) groups excluding carboxylic acids is 1. The summed E-state index contributed by atoms with van der Waals surface area (Å²) in [4.78, 5) is 13.5. The fourth-order valence-corrected chi connectivity index (χ4v) is 3.39. The molecule has 0 aliphatic carbocycles. The zero-order valence-corrected chi connectivity index (χ0v) is 13.7. The first-order chi connectivity index (χ1) is 9.02. The van der Waals surface area contributed by atoms with Crippen LogP contribution in [0.2, 0.25) is 0 Å². The summed E-state index contributed by atoms with van der Waals surface area (Å²) in [6.45, 7) is 7.38. The molecule has 2 N–H and O–H groups in total. The molecule has 1 saturated heterocycles. The van der Waals surface area contributed by atoms with E-state index in [-0.39, 0.29) is 5.91 Å². The number of carbonyl (C=O) groups is 1. The van der Waals surface area contributed by atoms with Gasteiger partial charge in [-0.3, -0.25) is 4.79 Å². The lowest BCUT2D eigenvalue weighted by molar-refractivity contribution is -0.904. The number of piperidine rings is 1. The van der Waals surface area contributed by atoms with Gasteiger partial charge in [0.1, 0.15) is 0 Å². The number of benzene rings is 1. The third-order valence-corrected chi connectivity index (χ3v) is 4.34. The smallest absolute Gasteiger partial charge is 0.279 e. The van der Waals surface area contributed by atoms with Crippen LogP contribution in [-0.4, -0.2) is 25.5 Å². The number of rotatable bonds is 3. The first-order valence-corrected chi connectivity index (χ1v) is 8.00. The summed E-state index contributed by atoms with van der Waals surface area (Å²) in [5.41, 5.74) is 0.892. The highest BCUT2D eigenvalue weighted by Gasteiger charge is 2.26. The number of anilines is 1. The van der Waals surface area contributed by atoms with Gasteiger partial charge in [0, 0.05) is 21.1 Å². The van der Waals surface area contributed by atoms with Crippen LogP contribution in [0.4, 0.5) is 5.69 Å². The molecule has 4 heteroatoms. The maximum atomic E-state index is 12.0. The van der Waals surface area contributed by atoms with Gasteiger partial charge in [-0.25, -0.2) is 0 Å². The molecule has 0 unspecified atom stereocenters. The van der Waals surface area contributed by atoms with Crippen molar-refractivity contribution in [3.8, 4) is 0 Å². The van der Waals surface area contributed by atoms with Gasteiger partial charge >= 0.3 is 0 Å². The zero-order valence-electron chi connectivity index (χ0n) is 11.6. The Morgan fingerprint density at radius 2 is 1.84 bits per heavy atom. The largest absolute Gasteiger partial charge is 0.327 e. The summed E-state index contributed by atoms with van der Waals surface area (Å²) in [5, 5.41) is 2.98. The van der Waals surface area contributed by atoms with Gasteiger partial charge in [-0.15, -0.1) is 0 Å². The Morgan fingerprint density at radius 1 is 1.26 bits per heavy atom. The van der Waals surface area contributed by atoms with Crippen LogP contribution in [0.3, 0.4) is 0 Å². The molecule has 0 bridgehead atoms. The summed E-state index contributed by atoms with van der Waals surface area (Å²) in [6, 6.07) is 7.93. The Balaban J connectivity index is 1.85. The minimum atomic E-state index is 0.123. The molecule has 1 fully saturated rings. The number of quaternary nitrogens is 1. The summed E-state index contributed by atoms with van der Waals surface area (Å²) < 4.78 is 1.18. The second kappa shape index (κ2) is 6.70.